The van der Waals surface area contributed by atoms with Gasteiger partial charge in [0.1, 0.15) is 5.82 Å². The van der Waals surface area contributed by atoms with Gasteiger partial charge in [0.25, 0.3) is 5.91 Å². The fourth-order valence-electron chi connectivity index (χ4n) is 6.08. The van der Waals surface area contributed by atoms with Crippen LogP contribution >= 0.6 is 0 Å². The van der Waals surface area contributed by atoms with Crippen molar-refractivity contribution in [3.05, 3.63) is 70.0 Å². The summed E-state index contributed by atoms with van der Waals surface area (Å²) in [5, 5.41) is 9.53. The summed E-state index contributed by atoms with van der Waals surface area (Å²) >= 11 is 0. The molecule has 2 aromatic carbocycles. The fraction of sp³-hybridized carbons (Fsp3) is 0.533. The third kappa shape index (κ3) is 6.04. The van der Waals surface area contributed by atoms with Crippen LogP contribution in [-0.4, -0.2) is 86.2 Å². The second-order valence-corrected chi connectivity index (χ2v) is 10.8. The molecule has 0 bridgehead atoms. The number of ether oxygens (including phenoxy) is 1. The topological polar surface area (TPSA) is 59.8 Å². The molecule has 196 valence electrons. The summed E-state index contributed by atoms with van der Waals surface area (Å²) in [6.45, 7) is 7.31. The van der Waals surface area contributed by atoms with Crippen LogP contribution in [0.3, 0.4) is 0 Å². The van der Waals surface area contributed by atoms with Gasteiger partial charge in [0.2, 0.25) is 0 Å². The number of likely N-dealkylation sites (N-methyl/N-ethyl adjacent to an activating group) is 1. The normalized spacial score (nSPS) is 19.5. The first-order chi connectivity index (χ1) is 18.0. The van der Waals surface area contributed by atoms with Crippen LogP contribution in [0.15, 0.2) is 36.4 Å². The van der Waals surface area contributed by atoms with Gasteiger partial charge in [-0.1, -0.05) is 12.1 Å². The molecule has 2 saturated heterocycles. The zero-order chi connectivity index (χ0) is 25.8. The molecule has 1 aliphatic carbocycles. The average molecular weight is 505 g/mol. The van der Waals surface area contributed by atoms with Gasteiger partial charge in [-0.25, -0.2) is 4.39 Å². The third-order valence-electron chi connectivity index (χ3n) is 8.30. The van der Waals surface area contributed by atoms with Crippen LogP contribution in [0.5, 0.6) is 0 Å². The quantitative estimate of drug-likeness (QED) is 0.547. The number of carbonyl (C=O) groups excluding carboxylic acids is 1. The molecule has 2 aliphatic heterocycles. The lowest BCUT2D eigenvalue weighted by Crippen LogP contribution is -2.61. The van der Waals surface area contributed by atoms with E-state index in [0.29, 0.717) is 23.7 Å². The van der Waals surface area contributed by atoms with Crippen molar-refractivity contribution < 1.29 is 13.9 Å². The molecular formula is C30H37FN4O2. The Bertz CT molecular complexity index is 1130. The van der Waals surface area contributed by atoms with Gasteiger partial charge in [0.05, 0.1) is 24.8 Å². The second kappa shape index (κ2) is 11.7. The predicted octanol–water partition coefficient (Wildman–Crippen LogP) is 3.84. The Labute approximate surface area is 219 Å². The number of rotatable bonds is 8. The summed E-state index contributed by atoms with van der Waals surface area (Å²) in [7, 11) is 1.85. The fourth-order valence-corrected chi connectivity index (χ4v) is 6.08. The van der Waals surface area contributed by atoms with Crippen LogP contribution in [0.25, 0.3) is 0 Å². The van der Waals surface area contributed by atoms with Gasteiger partial charge in [0, 0.05) is 57.3 Å². The number of hydrogen-bond acceptors (Lipinski definition) is 5. The van der Waals surface area contributed by atoms with Gasteiger partial charge in [-0.15, -0.1) is 0 Å². The summed E-state index contributed by atoms with van der Waals surface area (Å²) < 4.78 is 19.2. The highest BCUT2D eigenvalue weighted by molar-refractivity contribution is 5.96. The average Bonchev–Trinajstić information content (AvgIpc) is 2.91. The largest absolute Gasteiger partial charge is 0.379 e. The Kier molecular flexibility index (Phi) is 8.19. The lowest BCUT2D eigenvalue weighted by Gasteiger charge is -2.47. The zero-order valence-electron chi connectivity index (χ0n) is 21.8. The summed E-state index contributed by atoms with van der Waals surface area (Å²) in [6, 6.07) is 13.3. The first kappa shape index (κ1) is 25.8. The Morgan fingerprint density at radius 3 is 2.62 bits per heavy atom. The predicted molar refractivity (Wildman–Crippen MR) is 141 cm³/mol. The van der Waals surface area contributed by atoms with Crippen molar-refractivity contribution in [2.24, 2.45) is 0 Å². The van der Waals surface area contributed by atoms with E-state index in [1.165, 1.54) is 12.1 Å². The minimum Gasteiger partial charge on any atom is -0.379 e. The van der Waals surface area contributed by atoms with E-state index in [9.17, 15) is 14.4 Å². The first-order valence-corrected chi connectivity index (χ1v) is 13.6. The lowest BCUT2D eigenvalue weighted by atomic mass is 9.86. The Morgan fingerprint density at radius 1 is 1.16 bits per heavy atom. The van der Waals surface area contributed by atoms with Gasteiger partial charge in [-0.3, -0.25) is 9.69 Å². The van der Waals surface area contributed by atoms with E-state index >= 15 is 0 Å². The maximum atomic E-state index is 13.7. The standard InChI is InChI=1S/C30H37FN4O2/c1-33(30(36)29-17-22(18-32)16-24-4-2-3-5-28(24)29)19-25(23-6-8-26(31)9-7-23)10-11-34-20-27(21-34)35-12-14-37-15-13-35/h6-9,16-17,25,27H,2-5,10-15,19-21H2,1H3. The third-order valence-corrected chi connectivity index (χ3v) is 8.30. The van der Waals surface area contributed by atoms with Crippen LogP contribution in [0.2, 0.25) is 0 Å². The van der Waals surface area contributed by atoms with Gasteiger partial charge < -0.3 is 14.5 Å². The number of nitriles is 1. The summed E-state index contributed by atoms with van der Waals surface area (Å²) in [5.74, 6) is -0.173. The van der Waals surface area contributed by atoms with Crippen molar-refractivity contribution in [1.82, 2.24) is 14.7 Å². The molecule has 2 heterocycles. The maximum absolute atomic E-state index is 13.7. The highest BCUT2D eigenvalue weighted by atomic mass is 19.1. The number of hydrogen-bond donors (Lipinski definition) is 0. The number of likely N-dealkylation sites (tertiary alicyclic amines) is 1. The summed E-state index contributed by atoms with van der Waals surface area (Å²) in [6.07, 6.45) is 4.88. The van der Waals surface area contributed by atoms with Gasteiger partial charge in [0.15, 0.2) is 0 Å². The first-order valence-electron chi connectivity index (χ1n) is 13.6. The molecule has 2 fully saturated rings. The monoisotopic (exact) mass is 504 g/mol. The molecule has 0 spiro atoms. The molecule has 6 nitrogen and oxygen atoms in total. The molecule has 0 radical (unpaired) electrons. The van der Waals surface area contributed by atoms with Crippen LogP contribution in [0.4, 0.5) is 4.39 Å². The molecule has 1 atom stereocenters. The van der Waals surface area contributed by atoms with Crippen LogP contribution in [0, 0.1) is 17.1 Å². The summed E-state index contributed by atoms with van der Waals surface area (Å²) in [5.41, 5.74) is 4.53. The van der Waals surface area contributed by atoms with Gasteiger partial charge >= 0.3 is 0 Å². The minimum atomic E-state index is -0.247. The number of morpholine rings is 1. The minimum absolute atomic E-state index is 0.0290. The highest BCUT2D eigenvalue weighted by Gasteiger charge is 2.33. The molecular weight excluding hydrogens is 467 g/mol. The SMILES string of the molecule is CN(CC(CCN1CC(N2CCOCC2)C1)c1ccc(F)cc1)C(=O)c1cc(C#N)cc2c1CCCC2. The molecule has 0 N–H and O–H groups in total. The van der Waals surface area contributed by atoms with Crippen LogP contribution in [-0.2, 0) is 17.6 Å². The zero-order valence-corrected chi connectivity index (χ0v) is 21.8. The van der Waals surface area contributed by atoms with E-state index in [4.69, 9.17) is 4.74 Å². The number of carbonyl (C=O) groups is 1. The molecule has 1 unspecified atom stereocenters. The van der Waals surface area contributed by atoms with Crippen molar-refractivity contribution >= 4 is 5.91 Å². The second-order valence-electron chi connectivity index (χ2n) is 10.8. The van der Waals surface area contributed by atoms with E-state index in [-0.39, 0.29) is 17.6 Å². The van der Waals surface area contributed by atoms with Gasteiger partial charge in [-0.05, 0) is 79.6 Å². The Balaban J connectivity index is 1.26. The van der Waals surface area contributed by atoms with Crippen molar-refractivity contribution in [2.75, 3.05) is 59.5 Å². The molecule has 0 saturated carbocycles. The molecule has 0 aromatic heterocycles. The number of nitrogens with zero attached hydrogens (tertiary/aromatic N) is 4. The molecule has 2 aromatic rings. The molecule has 3 aliphatic rings. The molecule has 7 heteroatoms. The Hall–Kier alpha value is -2.79. The number of fused-ring (bicyclic) bond motifs is 1. The highest BCUT2D eigenvalue weighted by Crippen LogP contribution is 2.29. The number of benzene rings is 2. The van der Waals surface area contributed by atoms with Crippen molar-refractivity contribution in [2.45, 2.75) is 44.1 Å². The number of aryl methyl sites for hydroxylation is 1. The summed E-state index contributed by atoms with van der Waals surface area (Å²) in [4.78, 5) is 20.5. The van der Waals surface area contributed by atoms with Crippen molar-refractivity contribution in [3.63, 3.8) is 0 Å². The van der Waals surface area contributed by atoms with Crippen LogP contribution in [0.1, 0.15) is 57.8 Å². The number of halogens is 1. The van der Waals surface area contributed by atoms with Crippen molar-refractivity contribution in [1.29, 1.82) is 5.26 Å². The Morgan fingerprint density at radius 2 is 1.89 bits per heavy atom. The van der Waals surface area contributed by atoms with Crippen LogP contribution < -0.4 is 0 Å². The molecule has 1 amide bonds. The molecule has 37 heavy (non-hydrogen) atoms. The van der Waals surface area contributed by atoms with E-state index < -0.39 is 0 Å². The molecule has 5 rings (SSSR count). The lowest BCUT2D eigenvalue weighted by molar-refractivity contribution is -0.0326. The van der Waals surface area contributed by atoms with E-state index in [2.05, 4.69) is 15.9 Å². The van der Waals surface area contributed by atoms with E-state index in [0.717, 1.165) is 94.7 Å². The number of amides is 1. The van der Waals surface area contributed by atoms with E-state index in [1.54, 1.807) is 11.0 Å². The maximum Gasteiger partial charge on any atom is 0.253 e. The van der Waals surface area contributed by atoms with E-state index in [1.807, 2.05) is 25.2 Å². The van der Waals surface area contributed by atoms with Crippen molar-refractivity contribution in [3.8, 4) is 6.07 Å². The van der Waals surface area contributed by atoms with Gasteiger partial charge in [-0.2, -0.15) is 5.26 Å². The smallest absolute Gasteiger partial charge is 0.253 e.